The lowest BCUT2D eigenvalue weighted by Gasteiger charge is -2.07. The highest BCUT2D eigenvalue weighted by molar-refractivity contribution is 7.14. The topological polar surface area (TPSA) is 74.4 Å². The Hall–Kier alpha value is -2.08. The smallest absolute Gasteiger partial charge is 0.365 e. The predicted octanol–water partition coefficient (Wildman–Crippen LogP) is 1.95. The van der Waals surface area contributed by atoms with Crippen LogP contribution in [0.5, 0.6) is 11.5 Å². The molecule has 5 nitrogen and oxygen atoms in total. The third-order valence-electron chi connectivity index (χ3n) is 2.06. The van der Waals surface area contributed by atoms with Gasteiger partial charge in [0.2, 0.25) is 0 Å². The van der Waals surface area contributed by atoms with Crippen molar-refractivity contribution >= 4 is 22.3 Å². The van der Waals surface area contributed by atoms with Gasteiger partial charge in [-0.3, -0.25) is 0 Å². The summed E-state index contributed by atoms with van der Waals surface area (Å²) < 4.78 is 10.2. The van der Waals surface area contributed by atoms with Gasteiger partial charge in [-0.05, 0) is 12.1 Å². The maximum Gasteiger partial charge on any atom is 0.365 e. The number of hydrogen-bond donors (Lipinski definition) is 1. The Labute approximate surface area is 102 Å². The molecule has 0 spiro atoms. The summed E-state index contributed by atoms with van der Waals surface area (Å²) in [7, 11) is 1.50. The van der Waals surface area contributed by atoms with Gasteiger partial charge < -0.3 is 15.2 Å². The largest absolute Gasteiger partial charge is 0.493 e. The van der Waals surface area contributed by atoms with Crippen molar-refractivity contribution in [3.05, 3.63) is 35.5 Å². The van der Waals surface area contributed by atoms with Gasteiger partial charge in [-0.15, -0.1) is 11.3 Å². The van der Waals surface area contributed by atoms with Gasteiger partial charge in [-0.25, -0.2) is 9.78 Å². The molecule has 0 saturated carbocycles. The number of thiazole rings is 1. The van der Waals surface area contributed by atoms with Crippen LogP contribution in [0.15, 0.2) is 29.8 Å². The zero-order valence-corrected chi connectivity index (χ0v) is 9.86. The Kier molecular flexibility index (Phi) is 3.24. The summed E-state index contributed by atoms with van der Waals surface area (Å²) in [6.07, 6.45) is 0. The maximum atomic E-state index is 11.8. The normalized spacial score (nSPS) is 9.94. The first-order valence-electron chi connectivity index (χ1n) is 4.76. The second-order valence-electron chi connectivity index (χ2n) is 3.11. The van der Waals surface area contributed by atoms with Crippen molar-refractivity contribution < 1.29 is 14.3 Å². The highest BCUT2D eigenvalue weighted by atomic mass is 32.1. The van der Waals surface area contributed by atoms with Crippen LogP contribution in [0, 0.1) is 0 Å². The van der Waals surface area contributed by atoms with E-state index in [1.165, 1.54) is 24.0 Å². The number of carbonyl (C=O) groups excluding carboxylic acids is 1. The molecule has 6 heteroatoms. The molecular weight excluding hydrogens is 240 g/mol. The first-order chi connectivity index (χ1) is 8.22. The van der Waals surface area contributed by atoms with Gasteiger partial charge in [-0.2, -0.15) is 0 Å². The molecule has 0 fully saturated rings. The number of ether oxygens (including phenoxy) is 2. The molecule has 0 radical (unpaired) electrons. The molecule has 0 aliphatic carbocycles. The Morgan fingerprint density at radius 1 is 1.35 bits per heavy atom. The standard InChI is InChI=1S/C11H10N2O3S/c1-15-7-4-2-3-5-8(7)16-11(14)9-10(12)17-6-13-9/h2-6H,12H2,1H3. The Balaban J connectivity index is 2.22. The van der Waals surface area contributed by atoms with E-state index in [4.69, 9.17) is 15.2 Å². The van der Waals surface area contributed by atoms with Crippen molar-refractivity contribution in [1.29, 1.82) is 0 Å². The molecule has 2 aromatic rings. The number of nitrogens with zero attached hydrogens (tertiary/aromatic N) is 1. The number of nitrogen functional groups attached to an aromatic ring is 1. The van der Waals surface area contributed by atoms with Crippen LogP contribution in [-0.2, 0) is 0 Å². The number of anilines is 1. The molecule has 0 aliphatic rings. The minimum atomic E-state index is -0.590. The van der Waals surface area contributed by atoms with Crippen molar-refractivity contribution in [1.82, 2.24) is 4.98 Å². The van der Waals surface area contributed by atoms with Gasteiger partial charge in [0, 0.05) is 0 Å². The van der Waals surface area contributed by atoms with E-state index < -0.39 is 5.97 Å². The molecule has 0 atom stereocenters. The summed E-state index contributed by atoms with van der Waals surface area (Å²) in [5.41, 5.74) is 7.21. The zero-order chi connectivity index (χ0) is 12.3. The third-order valence-corrected chi connectivity index (χ3v) is 2.72. The molecule has 0 aliphatic heterocycles. The van der Waals surface area contributed by atoms with Gasteiger partial charge in [0.15, 0.2) is 17.2 Å². The van der Waals surface area contributed by atoms with E-state index in [2.05, 4.69) is 4.98 Å². The summed E-state index contributed by atoms with van der Waals surface area (Å²) >= 11 is 1.19. The van der Waals surface area contributed by atoms with E-state index in [1.54, 1.807) is 24.3 Å². The van der Waals surface area contributed by atoms with E-state index in [0.717, 1.165) is 0 Å². The van der Waals surface area contributed by atoms with Gasteiger partial charge >= 0.3 is 5.97 Å². The highest BCUT2D eigenvalue weighted by Crippen LogP contribution is 2.27. The molecule has 1 aromatic carbocycles. The number of benzene rings is 1. The van der Waals surface area contributed by atoms with E-state index >= 15 is 0 Å². The fourth-order valence-corrected chi connectivity index (χ4v) is 1.78. The lowest BCUT2D eigenvalue weighted by Crippen LogP contribution is -2.11. The Morgan fingerprint density at radius 2 is 2.06 bits per heavy atom. The first kappa shape index (κ1) is 11.4. The van der Waals surface area contributed by atoms with Crippen LogP contribution < -0.4 is 15.2 Å². The molecule has 0 amide bonds. The van der Waals surface area contributed by atoms with Gasteiger partial charge in [0.05, 0.1) is 12.6 Å². The second-order valence-corrected chi connectivity index (χ2v) is 3.99. The van der Waals surface area contributed by atoms with Gasteiger partial charge in [0.25, 0.3) is 0 Å². The van der Waals surface area contributed by atoms with Crippen LogP contribution >= 0.6 is 11.3 Å². The third kappa shape index (κ3) is 2.36. The average Bonchev–Trinajstić information content (AvgIpc) is 2.76. The molecular formula is C11H10N2O3S. The number of aromatic nitrogens is 1. The highest BCUT2D eigenvalue weighted by Gasteiger charge is 2.16. The molecule has 1 heterocycles. The predicted molar refractivity (Wildman–Crippen MR) is 64.5 cm³/mol. The number of hydrogen-bond acceptors (Lipinski definition) is 6. The molecule has 1 aromatic heterocycles. The van der Waals surface area contributed by atoms with Crippen LogP contribution in [0.2, 0.25) is 0 Å². The van der Waals surface area contributed by atoms with Crippen molar-refractivity contribution in [2.45, 2.75) is 0 Å². The summed E-state index contributed by atoms with van der Waals surface area (Å²) in [5.74, 6) is 0.232. The van der Waals surface area contributed by atoms with Crippen LogP contribution in [0.1, 0.15) is 10.5 Å². The summed E-state index contributed by atoms with van der Waals surface area (Å²) in [5, 5.41) is 0.338. The van der Waals surface area contributed by atoms with Crippen LogP contribution in [0.25, 0.3) is 0 Å². The van der Waals surface area contributed by atoms with Crippen molar-refractivity contribution in [2.24, 2.45) is 0 Å². The number of para-hydroxylation sites is 2. The molecule has 0 saturated heterocycles. The fourth-order valence-electron chi connectivity index (χ4n) is 1.26. The quantitative estimate of drug-likeness (QED) is 0.665. The minimum absolute atomic E-state index is 0.126. The van der Waals surface area contributed by atoms with Crippen molar-refractivity contribution in [2.75, 3.05) is 12.8 Å². The molecule has 88 valence electrons. The Bertz CT molecular complexity index is 539. The number of nitrogens with two attached hydrogens (primary N) is 1. The molecule has 2 rings (SSSR count). The SMILES string of the molecule is COc1ccccc1OC(=O)c1ncsc1N. The monoisotopic (exact) mass is 250 g/mol. The lowest BCUT2D eigenvalue weighted by molar-refractivity contribution is 0.0725. The van der Waals surface area contributed by atoms with E-state index in [-0.39, 0.29) is 5.69 Å². The van der Waals surface area contributed by atoms with E-state index in [9.17, 15) is 4.79 Å². The molecule has 17 heavy (non-hydrogen) atoms. The molecule has 0 bridgehead atoms. The van der Waals surface area contributed by atoms with Crippen molar-refractivity contribution in [3.8, 4) is 11.5 Å². The number of methoxy groups -OCH3 is 1. The van der Waals surface area contributed by atoms with Crippen LogP contribution in [-0.4, -0.2) is 18.1 Å². The van der Waals surface area contributed by atoms with Crippen LogP contribution in [0.3, 0.4) is 0 Å². The maximum absolute atomic E-state index is 11.8. The zero-order valence-electron chi connectivity index (χ0n) is 9.04. The van der Waals surface area contributed by atoms with Crippen molar-refractivity contribution in [3.63, 3.8) is 0 Å². The average molecular weight is 250 g/mol. The van der Waals surface area contributed by atoms with Gasteiger partial charge in [0.1, 0.15) is 5.00 Å². The minimum Gasteiger partial charge on any atom is -0.493 e. The fraction of sp³-hybridized carbons (Fsp3) is 0.0909. The lowest BCUT2D eigenvalue weighted by atomic mass is 10.3. The first-order valence-corrected chi connectivity index (χ1v) is 5.64. The van der Waals surface area contributed by atoms with Crippen LogP contribution in [0.4, 0.5) is 5.00 Å². The molecule has 0 unspecified atom stereocenters. The summed E-state index contributed by atoms with van der Waals surface area (Å²) in [6.45, 7) is 0. The Morgan fingerprint density at radius 3 is 2.65 bits per heavy atom. The van der Waals surface area contributed by atoms with Gasteiger partial charge in [-0.1, -0.05) is 12.1 Å². The summed E-state index contributed by atoms with van der Waals surface area (Å²) in [4.78, 5) is 15.6. The number of carbonyl (C=O) groups is 1. The summed E-state index contributed by atoms with van der Waals surface area (Å²) in [6, 6.07) is 6.87. The molecule has 2 N–H and O–H groups in total. The second kappa shape index (κ2) is 4.84. The van der Waals surface area contributed by atoms with E-state index in [1.807, 2.05) is 0 Å². The number of rotatable bonds is 3. The number of esters is 1. The van der Waals surface area contributed by atoms with E-state index in [0.29, 0.717) is 16.5 Å².